The van der Waals surface area contributed by atoms with Crippen molar-refractivity contribution in [3.63, 3.8) is 0 Å². The van der Waals surface area contributed by atoms with Crippen molar-refractivity contribution in [1.29, 1.82) is 0 Å². The number of rotatable bonds is 4. The molecule has 1 rings (SSSR count). The SMILES string of the molecule is CCOCOc1ccc(C)c(Br)c1. The first-order chi connectivity index (χ1) is 6.24. The molecule has 0 heterocycles. The average molecular weight is 245 g/mol. The van der Waals surface area contributed by atoms with E-state index in [0.29, 0.717) is 13.4 Å². The van der Waals surface area contributed by atoms with Crippen molar-refractivity contribution < 1.29 is 9.47 Å². The molecule has 0 spiro atoms. The number of ether oxygens (including phenoxy) is 2. The van der Waals surface area contributed by atoms with Crippen LogP contribution in [0.1, 0.15) is 12.5 Å². The van der Waals surface area contributed by atoms with Gasteiger partial charge < -0.3 is 9.47 Å². The molecule has 0 atom stereocenters. The lowest BCUT2D eigenvalue weighted by Crippen LogP contribution is -2.01. The minimum absolute atomic E-state index is 0.312. The van der Waals surface area contributed by atoms with E-state index >= 15 is 0 Å². The molecular weight excluding hydrogens is 232 g/mol. The number of hydrogen-bond acceptors (Lipinski definition) is 2. The summed E-state index contributed by atoms with van der Waals surface area (Å²) < 4.78 is 11.5. The maximum atomic E-state index is 5.33. The van der Waals surface area contributed by atoms with Crippen LogP contribution in [0.5, 0.6) is 5.75 Å². The number of aryl methyl sites for hydroxylation is 1. The summed E-state index contributed by atoms with van der Waals surface area (Å²) in [5, 5.41) is 0. The van der Waals surface area contributed by atoms with Gasteiger partial charge in [-0.1, -0.05) is 22.0 Å². The molecule has 0 aliphatic rings. The Morgan fingerprint density at radius 3 is 2.77 bits per heavy atom. The average Bonchev–Trinajstić information content (AvgIpc) is 2.12. The summed E-state index contributed by atoms with van der Waals surface area (Å²) in [5.74, 6) is 0.825. The van der Waals surface area contributed by atoms with Gasteiger partial charge in [-0.3, -0.25) is 0 Å². The molecule has 13 heavy (non-hydrogen) atoms. The summed E-state index contributed by atoms with van der Waals surface area (Å²) in [5.41, 5.74) is 1.20. The van der Waals surface area contributed by atoms with Gasteiger partial charge in [0, 0.05) is 11.1 Å². The highest BCUT2D eigenvalue weighted by Crippen LogP contribution is 2.22. The Morgan fingerprint density at radius 1 is 1.38 bits per heavy atom. The van der Waals surface area contributed by atoms with Crippen LogP contribution in [-0.2, 0) is 4.74 Å². The molecule has 1 aromatic carbocycles. The minimum Gasteiger partial charge on any atom is -0.468 e. The molecule has 0 N–H and O–H groups in total. The number of hydrogen-bond donors (Lipinski definition) is 0. The van der Waals surface area contributed by atoms with Gasteiger partial charge in [0.1, 0.15) is 5.75 Å². The van der Waals surface area contributed by atoms with Crippen molar-refractivity contribution in [2.75, 3.05) is 13.4 Å². The zero-order valence-corrected chi connectivity index (χ0v) is 9.43. The van der Waals surface area contributed by atoms with Crippen molar-refractivity contribution in [1.82, 2.24) is 0 Å². The second-order valence-corrected chi connectivity index (χ2v) is 3.52. The third kappa shape index (κ3) is 3.36. The van der Waals surface area contributed by atoms with E-state index in [1.807, 2.05) is 32.0 Å². The van der Waals surface area contributed by atoms with Gasteiger partial charge in [-0.15, -0.1) is 0 Å². The molecule has 0 radical (unpaired) electrons. The van der Waals surface area contributed by atoms with Crippen LogP contribution in [0.25, 0.3) is 0 Å². The summed E-state index contributed by atoms with van der Waals surface area (Å²) >= 11 is 3.43. The van der Waals surface area contributed by atoms with Crippen LogP contribution < -0.4 is 4.74 Å². The molecule has 0 unspecified atom stereocenters. The van der Waals surface area contributed by atoms with Crippen LogP contribution in [0, 0.1) is 6.92 Å². The molecule has 0 aliphatic heterocycles. The van der Waals surface area contributed by atoms with Crippen molar-refractivity contribution in [2.24, 2.45) is 0 Å². The molecule has 0 saturated carbocycles. The zero-order chi connectivity index (χ0) is 9.68. The highest BCUT2D eigenvalue weighted by atomic mass is 79.9. The van der Waals surface area contributed by atoms with Gasteiger partial charge in [-0.2, -0.15) is 0 Å². The Bertz CT molecular complexity index is 274. The summed E-state index contributed by atoms with van der Waals surface area (Å²) in [4.78, 5) is 0. The molecule has 72 valence electrons. The van der Waals surface area contributed by atoms with Crippen LogP contribution in [0.15, 0.2) is 22.7 Å². The van der Waals surface area contributed by atoms with Crippen molar-refractivity contribution in [2.45, 2.75) is 13.8 Å². The Kier molecular flexibility index (Phi) is 4.25. The van der Waals surface area contributed by atoms with E-state index in [0.717, 1.165) is 10.2 Å². The lowest BCUT2D eigenvalue weighted by Gasteiger charge is -2.06. The molecule has 0 aliphatic carbocycles. The highest BCUT2D eigenvalue weighted by Gasteiger charge is 1.97. The van der Waals surface area contributed by atoms with Gasteiger partial charge in [0.2, 0.25) is 0 Å². The number of benzene rings is 1. The summed E-state index contributed by atoms with van der Waals surface area (Å²) in [6, 6.07) is 5.87. The highest BCUT2D eigenvalue weighted by molar-refractivity contribution is 9.10. The predicted molar refractivity (Wildman–Crippen MR) is 56.0 cm³/mol. The van der Waals surface area contributed by atoms with E-state index in [-0.39, 0.29) is 0 Å². The third-order valence-corrected chi connectivity index (χ3v) is 2.51. The minimum atomic E-state index is 0.312. The van der Waals surface area contributed by atoms with E-state index in [9.17, 15) is 0 Å². The summed E-state index contributed by atoms with van der Waals surface area (Å²) in [6.45, 7) is 4.96. The molecule has 1 aromatic rings. The van der Waals surface area contributed by atoms with E-state index < -0.39 is 0 Å². The van der Waals surface area contributed by atoms with Crippen molar-refractivity contribution in [3.8, 4) is 5.75 Å². The van der Waals surface area contributed by atoms with Gasteiger partial charge in [-0.25, -0.2) is 0 Å². The molecule has 0 amide bonds. The number of halogens is 1. The van der Waals surface area contributed by atoms with Crippen LogP contribution in [0.3, 0.4) is 0 Å². The topological polar surface area (TPSA) is 18.5 Å². The quantitative estimate of drug-likeness (QED) is 0.599. The molecule has 2 nitrogen and oxygen atoms in total. The molecule has 0 aromatic heterocycles. The van der Waals surface area contributed by atoms with Crippen molar-refractivity contribution in [3.05, 3.63) is 28.2 Å². The Labute approximate surface area is 87.0 Å². The standard InChI is InChI=1S/C10H13BrO2/c1-3-12-7-13-9-5-4-8(2)10(11)6-9/h4-6H,3,7H2,1-2H3. The lowest BCUT2D eigenvalue weighted by molar-refractivity contribution is 0.0224. The maximum absolute atomic E-state index is 5.33. The monoisotopic (exact) mass is 244 g/mol. The molecular formula is C10H13BrO2. The fourth-order valence-electron chi connectivity index (χ4n) is 0.856. The van der Waals surface area contributed by atoms with Gasteiger partial charge in [0.05, 0.1) is 0 Å². The Morgan fingerprint density at radius 2 is 2.15 bits per heavy atom. The molecule has 3 heteroatoms. The first-order valence-electron chi connectivity index (χ1n) is 4.20. The summed E-state index contributed by atoms with van der Waals surface area (Å²) in [6.07, 6.45) is 0. The van der Waals surface area contributed by atoms with Crippen molar-refractivity contribution >= 4 is 15.9 Å². The zero-order valence-electron chi connectivity index (χ0n) is 7.84. The molecule has 0 fully saturated rings. The fourth-order valence-corrected chi connectivity index (χ4v) is 1.21. The van der Waals surface area contributed by atoms with E-state index in [1.54, 1.807) is 0 Å². The Balaban J connectivity index is 2.53. The lowest BCUT2D eigenvalue weighted by atomic mass is 10.2. The van der Waals surface area contributed by atoms with E-state index in [4.69, 9.17) is 9.47 Å². The second kappa shape index (κ2) is 5.25. The van der Waals surface area contributed by atoms with Crippen LogP contribution in [0.4, 0.5) is 0 Å². The van der Waals surface area contributed by atoms with E-state index in [1.165, 1.54) is 5.56 Å². The summed E-state index contributed by atoms with van der Waals surface area (Å²) in [7, 11) is 0. The van der Waals surface area contributed by atoms with Crippen LogP contribution in [-0.4, -0.2) is 13.4 Å². The molecule has 0 bridgehead atoms. The second-order valence-electron chi connectivity index (χ2n) is 2.67. The maximum Gasteiger partial charge on any atom is 0.189 e. The van der Waals surface area contributed by atoms with Gasteiger partial charge in [-0.05, 0) is 31.5 Å². The smallest absolute Gasteiger partial charge is 0.189 e. The largest absolute Gasteiger partial charge is 0.468 e. The third-order valence-electron chi connectivity index (χ3n) is 1.66. The fraction of sp³-hybridized carbons (Fsp3) is 0.400. The first-order valence-corrected chi connectivity index (χ1v) is 5.00. The van der Waals surface area contributed by atoms with E-state index in [2.05, 4.69) is 15.9 Å². The van der Waals surface area contributed by atoms with Crippen LogP contribution >= 0.6 is 15.9 Å². The normalized spacial score (nSPS) is 10.1. The van der Waals surface area contributed by atoms with Gasteiger partial charge in [0.15, 0.2) is 6.79 Å². The Hall–Kier alpha value is -0.540. The van der Waals surface area contributed by atoms with Gasteiger partial charge in [0.25, 0.3) is 0 Å². The predicted octanol–water partition coefficient (Wildman–Crippen LogP) is 3.13. The molecule has 0 saturated heterocycles. The van der Waals surface area contributed by atoms with Crippen LogP contribution in [0.2, 0.25) is 0 Å². The first kappa shape index (κ1) is 10.5. The van der Waals surface area contributed by atoms with Gasteiger partial charge >= 0.3 is 0 Å².